The van der Waals surface area contributed by atoms with Crippen LogP contribution in [0.25, 0.3) is 0 Å². The molecule has 15 heavy (non-hydrogen) atoms. The van der Waals surface area contributed by atoms with Crippen molar-refractivity contribution in [1.82, 2.24) is 0 Å². The number of ether oxygens (including phenoxy) is 1. The van der Waals surface area contributed by atoms with Gasteiger partial charge in [0.2, 0.25) is 0 Å². The van der Waals surface area contributed by atoms with Crippen molar-refractivity contribution in [1.29, 1.82) is 0 Å². The number of hydrogen-bond acceptors (Lipinski definition) is 2. The summed E-state index contributed by atoms with van der Waals surface area (Å²) in [4.78, 5) is 10.4. The normalized spacial score (nSPS) is 12.1. The molecule has 0 aliphatic rings. The van der Waals surface area contributed by atoms with Crippen LogP contribution >= 0.6 is 0 Å². The van der Waals surface area contributed by atoms with E-state index in [1.165, 1.54) is 12.8 Å². The topological polar surface area (TPSA) is 26.3 Å². The molecule has 1 atom stereocenters. The summed E-state index contributed by atoms with van der Waals surface area (Å²) < 4.78 is 5.09. The Bertz CT molecular complexity index is 269. The molecule has 0 aromatic heterocycles. The average Bonchev–Trinajstić information content (AvgIpc) is 2.29. The third kappa shape index (κ3) is 4.15. The fraction of sp³-hybridized carbons (Fsp3) is 0.462. The molecule has 2 nitrogen and oxygen atoms in total. The van der Waals surface area contributed by atoms with Crippen molar-refractivity contribution in [3.05, 3.63) is 35.9 Å². The number of rotatable bonds is 7. The molecule has 0 radical (unpaired) electrons. The van der Waals surface area contributed by atoms with Gasteiger partial charge in [-0.05, 0) is 18.4 Å². The molecule has 0 saturated carbocycles. The predicted molar refractivity (Wildman–Crippen MR) is 60.5 cm³/mol. The lowest BCUT2D eigenvalue weighted by Gasteiger charge is -2.14. The minimum absolute atomic E-state index is 0.0738. The van der Waals surface area contributed by atoms with Crippen molar-refractivity contribution in [3.8, 4) is 0 Å². The van der Waals surface area contributed by atoms with Gasteiger partial charge in [-0.15, -0.1) is 0 Å². The monoisotopic (exact) mass is 206 g/mol. The molecule has 0 fully saturated rings. The highest BCUT2D eigenvalue weighted by atomic mass is 16.5. The quantitative estimate of drug-likeness (QED) is 0.504. The highest BCUT2D eigenvalue weighted by Crippen LogP contribution is 2.22. The van der Waals surface area contributed by atoms with Gasteiger partial charge < -0.3 is 4.74 Å². The molecule has 0 aliphatic heterocycles. The lowest BCUT2D eigenvalue weighted by atomic mass is 10.0. The smallest absolute Gasteiger partial charge is 0.293 e. The summed E-state index contributed by atoms with van der Waals surface area (Å²) >= 11 is 0. The summed E-state index contributed by atoms with van der Waals surface area (Å²) in [7, 11) is 0. The van der Waals surface area contributed by atoms with Crippen LogP contribution in [0.5, 0.6) is 0 Å². The van der Waals surface area contributed by atoms with Crippen LogP contribution in [0.2, 0.25) is 0 Å². The van der Waals surface area contributed by atoms with Crippen LogP contribution in [0, 0.1) is 0 Å². The van der Waals surface area contributed by atoms with Gasteiger partial charge in [0.05, 0.1) is 0 Å². The van der Waals surface area contributed by atoms with Crippen LogP contribution in [0.15, 0.2) is 30.3 Å². The van der Waals surface area contributed by atoms with Gasteiger partial charge in [-0.3, -0.25) is 4.79 Å². The first kappa shape index (κ1) is 11.8. The molecule has 0 N–H and O–H groups in total. The van der Waals surface area contributed by atoms with E-state index < -0.39 is 0 Å². The molecule has 0 spiro atoms. The number of unbranched alkanes of at least 4 members (excludes halogenated alkanes) is 2. The van der Waals surface area contributed by atoms with Crippen molar-refractivity contribution in [2.24, 2.45) is 0 Å². The van der Waals surface area contributed by atoms with Crippen molar-refractivity contribution < 1.29 is 9.53 Å². The molecule has 0 heterocycles. The van der Waals surface area contributed by atoms with E-state index in [1.54, 1.807) is 0 Å². The van der Waals surface area contributed by atoms with Gasteiger partial charge in [0.15, 0.2) is 0 Å². The van der Waals surface area contributed by atoms with E-state index in [9.17, 15) is 4.79 Å². The standard InChI is InChI=1S/C13H18O2/c1-2-3-5-10-13(15-11-14)12-8-6-4-7-9-12/h4,6-9,11,13H,2-3,5,10H2,1H3. The Morgan fingerprint density at radius 2 is 2.00 bits per heavy atom. The van der Waals surface area contributed by atoms with Gasteiger partial charge >= 0.3 is 0 Å². The third-order valence-corrected chi connectivity index (χ3v) is 2.46. The second-order valence-electron chi connectivity index (χ2n) is 3.63. The molecule has 1 unspecified atom stereocenters. The first-order valence-corrected chi connectivity index (χ1v) is 5.52. The van der Waals surface area contributed by atoms with Crippen LogP contribution < -0.4 is 0 Å². The minimum atomic E-state index is -0.0738. The zero-order chi connectivity index (χ0) is 10.9. The highest BCUT2D eigenvalue weighted by Gasteiger charge is 2.10. The summed E-state index contributed by atoms with van der Waals surface area (Å²) in [5.74, 6) is 0. The van der Waals surface area contributed by atoms with Gasteiger partial charge in [0.25, 0.3) is 6.47 Å². The van der Waals surface area contributed by atoms with Crippen molar-refractivity contribution in [2.75, 3.05) is 0 Å². The number of carbonyl (C=O) groups is 1. The maximum Gasteiger partial charge on any atom is 0.293 e. The first-order valence-electron chi connectivity index (χ1n) is 5.52. The fourth-order valence-electron chi connectivity index (χ4n) is 1.63. The Hall–Kier alpha value is -1.31. The molecule has 82 valence electrons. The molecular formula is C13H18O2. The van der Waals surface area contributed by atoms with E-state index in [0.717, 1.165) is 18.4 Å². The molecule has 0 saturated heterocycles. The Labute approximate surface area is 91.3 Å². The molecular weight excluding hydrogens is 188 g/mol. The van der Waals surface area contributed by atoms with Crippen LogP contribution in [0.1, 0.15) is 44.3 Å². The lowest BCUT2D eigenvalue weighted by Crippen LogP contribution is -2.03. The minimum Gasteiger partial charge on any atom is -0.460 e. The zero-order valence-corrected chi connectivity index (χ0v) is 9.19. The van der Waals surface area contributed by atoms with E-state index in [4.69, 9.17) is 4.74 Å². The molecule has 0 aliphatic carbocycles. The summed E-state index contributed by atoms with van der Waals surface area (Å²) in [5.41, 5.74) is 1.08. The second-order valence-corrected chi connectivity index (χ2v) is 3.63. The van der Waals surface area contributed by atoms with E-state index in [2.05, 4.69) is 6.92 Å². The number of benzene rings is 1. The van der Waals surface area contributed by atoms with Crippen molar-refractivity contribution >= 4 is 6.47 Å². The van der Waals surface area contributed by atoms with Gasteiger partial charge in [0, 0.05) is 0 Å². The largest absolute Gasteiger partial charge is 0.460 e. The van der Waals surface area contributed by atoms with Gasteiger partial charge in [0.1, 0.15) is 6.10 Å². The van der Waals surface area contributed by atoms with Crippen LogP contribution in [0.4, 0.5) is 0 Å². The van der Waals surface area contributed by atoms with E-state index in [-0.39, 0.29) is 6.10 Å². The zero-order valence-electron chi connectivity index (χ0n) is 9.19. The van der Waals surface area contributed by atoms with E-state index in [0.29, 0.717) is 6.47 Å². The molecule has 0 bridgehead atoms. The maximum atomic E-state index is 10.4. The van der Waals surface area contributed by atoms with Crippen LogP contribution in [0.3, 0.4) is 0 Å². The third-order valence-electron chi connectivity index (χ3n) is 2.46. The molecule has 1 rings (SSSR count). The highest BCUT2D eigenvalue weighted by molar-refractivity contribution is 5.38. The second kappa shape index (κ2) is 7.04. The van der Waals surface area contributed by atoms with E-state index >= 15 is 0 Å². The number of hydrogen-bond donors (Lipinski definition) is 0. The summed E-state index contributed by atoms with van der Waals surface area (Å²) in [6.45, 7) is 2.71. The van der Waals surface area contributed by atoms with Gasteiger partial charge in [-0.1, -0.05) is 50.1 Å². The summed E-state index contributed by atoms with van der Waals surface area (Å²) in [5, 5.41) is 0. The van der Waals surface area contributed by atoms with E-state index in [1.807, 2.05) is 30.3 Å². The summed E-state index contributed by atoms with van der Waals surface area (Å²) in [6.07, 6.45) is 4.31. The Morgan fingerprint density at radius 3 is 2.60 bits per heavy atom. The van der Waals surface area contributed by atoms with Crippen molar-refractivity contribution in [2.45, 2.75) is 38.7 Å². The lowest BCUT2D eigenvalue weighted by molar-refractivity contribution is -0.134. The average molecular weight is 206 g/mol. The summed E-state index contributed by atoms with van der Waals surface area (Å²) in [6, 6.07) is 9.90. The van der Waals surface area contributed by atoms with Crippen molar-refractivity contribution in [3.63, 3.8) is 0 Å². The fourth-order valence-corrected chi connectivity index (χ4v) is 1.63. The Balaban J connectivity index is 2.53. The molecule has 1 aromatic carbocycles. The van der Waals surface area contributed by atoms with Gasteiger partial charge in [-0.25, -0.2) is 0 Å². The molecule has 1 aromatic rings. The number of carbonyl (C=O) groups excluding carboxylic acids is 1. The van der Waals surface area contributed by atoms with Gasteiger partial charge in [-0.2, -0.15) is 0 Å². The maximum absolute atomic E-state index is 10.4. The Kier molecular flexibility index (Phi) is 5.52. The first-order chi connectivity index (χ1) is 7.38. The Morgan fingerprint density at radius 1 is 1.27 bits per heavy atom. The molecule has 0 amide bonds. The van der Waals surface area contributed by atoms with Crippen LogP contribution in [-0.4, -0.2) is 6.47 Å². The SMILES string of the molecule is CCCCCC(OC=O)c1ccccc1. The molecule has 2 heteroatoms. The van der Waals surface area contributed by atoms with Crippen LogP contribution in [-0.2, 0) is 9.53 Å². The predicted octanol–water partition coefficient (Wildman–Crippen LogP) is 3.48.